The van der Waals surface area contributed by atoms with Crippen LogP contribution < -0.4 is 14.8 Å². The van der Waals surface area contributed by atoms with Crippen LogP contribution in [0.1, 0.15) is 11.1 Å². The first-order valence-corrected chi connectivity index (χ1v) is 9.22. The van der Waals surface area contributed by atoms with E-state index in [-0.39, 0.29) is 0 Å². The molecule has 25 heavy (non-hydrogen) atoms. The van der Waals surface area contributed by atoms with E-state index in [0.717, 1.165) is 22.1 Å². The van der Waals surface area contributed by atoms with E-state index >= 15 is 0 Å². The van der Waals surface area contributed by atoms with Gasteiger partial charge in [0.15, 0.2) is 11.5 Å². The highest BCUT2D eigenvalue weighted by Crippen LogP contribution is 2.34. The minimum absolute atomic E-state index is 0.324. The van der Waals surface area contributed by atoms with Crippen LogP contribution in [-0.2, 0) is 17.9 Å². The van der Waals surface area contributed by atoms with Gasteiger partial charge in [-0.05, 0) is 29.8 Å². The molecular formula is C18H20BrCl2NO3. The minimum Gasteiger partial charge on any atom is -0.493 e. The van der Waals surface area contributed by atoms with Gasteiger partial charge in [-0.15, -0.1) is 0 Å². The quantitative estimate of drug-likeness (QED) is 0.543. The summed E-state index contributed by atoms with van der Waals surface area (Å²) >= 11 is 15.7. The number of hydrogen-bond acceptors (Lipinski definition) is 4. The lowest BCUT2D eigenvalue weighted by molar-refractivity contribution is 0.199. The van der Waals surface area contributed by atoms with E-state index < -0.39 is 0 Å². The number of hydrogen-bond donors (Lipinski definition) is 1. The largest absolute Gasteiger partial charge is 0.493 e. The molecule has 0 saturated heterocycles. The average Bonchev–Trinajstić information content (AvgIpc) is 2.59. The molecule has 2 rings (SSSR count). The second kappa shape index (κ2) is 10.2. The number of ether oxygens (including phenoxy) is 3. The Bertz CT molecular complexity index is 713. The van der Waals surface area contributed by atoms with Crippen molar-refractivity contribution in [2.45, 2.75) is 13.2 Å². The summed E-state index contributed by atoms with van der Waals surface area (Å²) in [5, 5.41) is 4.47. The molecule has 0 amide bonds. The Morgan fingerprint density at radius 3 is 2.52 bits per heavy atom. The van der Waals surface area contributed by atoms with Gasteiger partial charge in [0.05, 0.1) is 13.7 Å². The first-order valence-electron chi connectivity index (χ1n) is 7.68. The summed E-state index contributed by atoms with van der Waals surface area (Å²) in [6.45, 7) is 2.46. The summed E-state index contributed by atoms with van der Waals surface area (Å²) in [5.74, 6) is 1.30. The standard InChI is InChI=1S/C18H20BrCl2NO3/c1-23-6-5-22-10-13-7-17(24-2)18(9-15(13)19)25-11-12-3-4-14(20)8-16(12)21/h3-4,7-9,22H,5-6,10-11H2,1-2H3. The summed E-state index contributed by atoms with van der Waals surface area (Å²) in [4.78, 5) is 0. The number of rotatable bonds is 9. The molecule has 0 fully saturated rings. The molecule has 2 aromatic rings. The number of halogens is 3. The van der Waals surface area contributed by atoms with Crippen molar-refractivity contribution in [2.24, 2.45) is 0 Å². The molecule has 0 radical (unpaired) electrons. The molecule has 0 aliphatic heterocycles. The molecule has 0 spiro atoms. The van der Waals surface area contributed by atoms with Crippen LogP contribution in [-0.4, -0.2) is 27.4 Å². The highest BCUT2D eigenvalue weighted by molar-refractivity contribution is 9.10. The van der Waals surface area contributed by atoms with E-state index in [4.69, 9.17) is 37.4 Å². The Morgan fingerprint density at radius 2 is 1.84 bits per heavy atom. The Morgan fingerprint density at radius 1 is 1.04 bits per heavy atom. The maximum absolute atomic E-state index is 6.19. The van der Waals surface area contributed by atoms with Crippen LogP contribution in [0, 0.1) is 0 Å². The first kappa shape index (κ1) is 20.3. The van der Waals surface area contributed by atoms with E-state index in [9.17, 15) is 0 Å². The van der Waals surface area contributed by atoms with Gasteiger partial charge in [-0.3, -0.25) is 0 Å². The predicted molar refractivity (Wildman–Crippen MR) is 105 cm³/mol. The minimum atomic E-state index is 0.324. The molecule has 0 unspecified atom stereocenters. The summed E-state index contributed by atoms with van der Waals surface area (Å²) in [6, 6.07) is 9.18. The zero-order chi connectivity index (χ0) is 18.2. The van der Waals surface area contributed by atoms with E-state index in [1.807, 2.05) is 18.2 Å². The Balaban J connectivity index is 2.08. The van der Waals surface area contributed by atoms with Gasteiger partial charge in [0.2, 0.25) is 0 Å². The fourth-order valence-corrected chi connectivity index (χ4v) is 3.10. The molecule has 136 valence electrons. The van der Waals surface area contributed by atoms with Crippen molar-refractivity contribution >= 4 is 39.1 Å². The zero-order valence-corrected chi connectivity index (χ0v) is 17.2. The van der Waals surface area contributed by atoms with Crippen molar-refractivity contribution < 1.29 is 14.2 Å². The fourth-order valence-electron chi connectivity index (χ4n) is 2.18. The van der Waals surface area contributed by atoms with Gasteiger partial charge in [-0.1, -0.05) is 45.2 Å². The summed E-state index contributed by atoms with van der Waals surface area (Å²) in [6.07, 6.45) is 0. The van der Waals surface area contributed by atoms with Gasteiger partial charge in [0.25, 0.3) is 0 Å². The van der Waals surface area contributed by atoms with Gasteiger partial charge < -0.3 is 19.5 Å². The molecule has 2 aromatic carbocycles. The van der Waals surface area contributed by atoms with Crippen molar-refractivity contribution in [1.29, 1.82) is 0 Å². The summed E-state index contributed by atoms with van der Waals surface area (Å²) < 4.78 is 17.3. The van der Waals surface area contributed by atoms with E-state index in [0.29, 0.717) is 41.3 Å². The summed E-state index contributed by atoms with van der Waals surface area (Å²) in [7, 11) is 3.30. The summed E-state index contributed by atoms with van der Waals surface area (Å²) in [5.41, 5.74) is 1.93. The van der Waals surface area contributed by atoms with Gasteiger partial charge in [0, 0.05) is 40.3 Å². The third-order valence-corrected chi connectivity index (χ3v) is 4.85. The van der Waals surface area contributed by atoms with Crippen LogP contribution in [0.15, 0.2) is 34.8 Å². The number of nitrogens with one attached hydrogen (secondary N) is 1. The van der Waals surface area contributed by atoms with Crippen molar-refractivity contribution in [3.63, 3.8) is 0 Å². The maximum Gasteiger partial charge on any atom is 0.162 e. The van der Waals surface area contributed by atoms with Crippen LogP contribution in [0.25, 0.3) is 0 Å². The third-order valence-electron chi connectivity index (χ3n) is 3.53. The monoisotopic (exact) mass is 447 g/mol. The van der Waals surface area contributed by atoms with Crippen LogP contribution in [0.4, 0.5) is 0 Å². The molecule has 1 N–H and O–H groups in total. The van der Waals surface area contributed by atoms with E-state index in [2.05, 4.69) is 21.2 Å². The Hall–Kier alpha value is -0.980. The molecule has 0 bridgehead atoms. The third kappa shape index (κ3) is 6.04. The van der Waals surface area contributed by atoms with Gasteiger partial charge in [-0.2, -0.15) is 0 Å². The highest BCUT2D eigenvalue weighted by Gasteiger charge is 2.11. The average molecular weight is 449 g/mol. The Kier molecular flexibility index (Phi) is 8.33. The molecule has 0 heterocycles. The van der Waals surface area contributed by atoms with Crippen molar-refractivity contribution in [3.8, 4) is 11.5 Å². The number of methoxy groups -OCH3 is 2. The normalized spacial score (nSPS) is 10.8. The molecular weight excluding hydrogens is 429 g/mol. The number of benzene rings is 2. The van der Waals surface area contributed by atoms with E-state index in [1.165, 1.54) is 0 Å². The smallest absolute Gasteiger partial charge is 0.162 e. The molecule has 0 aliphatic carbocycles. The van der Waals surface area contributed by atoms with Crippen molar-refractivity contribution in [2.75, 3.05) is 27.4 Å². The second-order valence-electron chi connectivity index (χ2n) is 5.29. The molecule has 4 nitrogen and oxygen atoms in total. The SMILES string of the molecule is COCCNCc1cc(OC)c(OCc2ccc(Cl)cc2Cl)cc1Br. The second-order valence-corrected chi connectivity index (χ2v) is 6.99. The van der Waals surface area contributed by atoms with Crippen molar-refractivity contribution in [1.82, 2.24) is 5.32 Å². The molecule has 7 heteroatoms. The van der Waals surface area contributed by atoms with Gasteiger partial charge in [0.1, 0.15) is 6.61 Å². The van der Waals surface area contributed by atoms with Crippen LogP contribution in [0.3, 0.4) is 0 Å². The fraction of sp³-hybridized carbons (Fsp3) is 0.333. The maximum atomic E-state index is 6.19. The molecule has 0 atom stereocenters. The lowest BCUT2D eigenvalue weighted by Crippen LogP contribution is -2.18. The molecule has 0 aliphatic rings. The topological polar surface area (TPSA) is 39.7 Å². The van der Waals surface area contributed by atoms with Crippen LogP contribution in [0.5, 0.6) is 11.5 Å². The van der Waals surface area contributed by atoms with E-state index in [1.54, 1.807) is 26.4 Å². The van der Waals surface area contributed by atoms with Gasteiger partial charge in [-0.25, -0.2) is 0 Å². The van der Waals surface area contributed by atoms with Crippen LogP contribution >= 0.6 is 39.1 Å². The van der Waals surface area contributed by atoms with Crippen LogP contribution in [0.2, 0.25) is 10.0 Å². The first-order chi connectivity index (χ1) is 12.0. The Labute approximate surface area is 166 Å². The molecule has 0 aromatic heterocycles. The predicted octanol–water partition coefficient (Wildman–Crippen LogP) is 5.08. The zero-order valence-electron chi connectivity index (χ0n) is 14.1. The van der Waals surface area contributed by atoms with Gasteiger partial charge >= 0.3 is 0 Å². The lowest BCUT2D eigenvalue weighted by atomic mass is 10.2. The van der Waals surface area contributed by atoms with Crippen molar-refractivity contribution in [3.05, 3.63) is 56.0 Å². The lowest BCUT2D eigenvalue weighted by Gasteiger charge is -2.15. The molecule has 0 saturated carbocycles. The highest BCUT2D eigenvalue weighted by atomic mass is 79.9.